The van der Waals surface area contributed by atoms with Gasteiger partial charge in [-0.1, -0.05) is 26.8 Å². The lowest BCUT2D eigenvalue weighted by molar-refractivity contribution is 0.0479. The first kappa shape index (κ1) is 11.2. The predicted octanol–water partition coefficient (Wildman–Crippen LogP) is 2.42. The molecule has 14 heavy (non-hydrogen) atoms. The third-order valence-corrected chi connectivity index (χ3v) is 2.97. The van der Waals surface area contributed by atoms with Crippen LogP contribution in [0.2, 0.25) is 0 Å². The Morgan fingerprint density at radius 1 is 1.50 bits per heavy atom. The Bertz CT molecular complexity index is 269. The van der Waals surface area contributed by atoms with E-state index in [2.05, 4.69) is 25.8 Å². The van der Waals surface area contributed by atoms with Crippen molar-refractivity contribution in [3.63, 3.8) is 0 Å². The van der Waals surface area contributed by atoms with Crippen molar-refractivity contribution in [1.82, 2.24) is 4.98 Å². The molecule has 2 heteroatoms. The molecular weight excluding hydrogens is 174 g/mol. The molecule has 1 heterocycles. The van der Waals surface area contributed by atoms with E-state index in [0.29, 0.717) is 6.42 Å². The van der Waals surface area contributed by atoms with Gasteiger partial charge in [0.2, 0.25) is 0 Å². The van der Waals surface area contributed by atoms with E-state index in [1.807, 2.05) is 18.3 Å². The van der Waals surface area contributed by atoms with E-state index < -0.39 is 0 Å². The number of nitrogens with zero attached hydrogens (tertiary/aromatic N) is 1. The van der Waals surface area contributed by atoms with Crippen LogP contribution >= 0.6 is 0 Å². The summed E-state index contributed by atoms with van der Waals surface area (Å²) in [5.41, 5.74) is 1.08. The molecule has 1 aromatic rings. The van der Waals surface area contributed by atoms with Crippen molar-refractivity contribution in [2.45, 2.75) is 39.7 Å². The molecule has 0 aromatic carbocycles. The molecule has 0 aliphatic carbocycles. The average Bonchev–Trinajstić information content (AvgIpc) is 2.19. The molecule has 0 fully saturated rings. The smallest absolute Gasteiger partial charge is 0.0631 e. The van der Waals surface area contributed by atoms with E-state index in [1.165, 1.54) is 0 Å². The number of aliphatic hydroxyl groups is 1. The van der Waals surface area contributed by atoms with Gasteiger partial charge in [0.1, 0.15) is 0 Å². The zero-order valence-electron chi connectivity index (χ0n) is 9.20. The second-order valence-electron chi connectivity index (χ2n) is 4.42. The van der Waals surface area contributed by atoms with Crippen LogP contribution in [0.3, 0.4) is 0 Å². The van der Waals surface area contributed by atoms with Crippen molar-refractivity contribution in [2.75, 3.05) is 0 Å². The number of hydrogen-bond acceptors (Lipinski definition) is 2. The highest BCUT2D eigenvalue weighted by Crippen LogP contribution is 2.26. The molecule has 1 unspecified atom stereocenters. The van der Waals surface area contributed by atoms with Gasteiger partial charge in [-0.25, -0.2) is 0 Å². The molecule has 0 saturated carbocycles. The fourth-order valence-electron chi connectivity index (χ4n) is 1.25. The van der Waals surface area contributed by atoms with E-state index in [9.17, 15) is 5.11 Å². The van der Waals surface area contributed by atoms with Crippen LogP contribution in [0.5, 0.6) is 0 Å². The number of rotatable bonds is 4. The summed E-state index contributed by atoms with van der Waals surface area (Å²) >= 11 is 0. The summed E-state index contributed by atoms with van der Waals surface area (Å²) in [5, 5.41) is 10.0. The van der Waals surface area contributed by atoms with Crippen molar-refractivity contribution in [1.29, 1.82) is 0 Å². The van der Waals surface area contributed by atoms with E-state index in [4.69, 9.17) is 0 Å². The summed E-state index contributed by atoms with van der Waals surface area (Å²) in [4.78, 5) is 4.03. The van der Waals surface area contributed by atoms with Gasteiger partial charge in [-0.05, 0) is 23.5 Å². The molecular formula is C12H19NO. The fraction of sp³-hybridized carbons (Fsp3) is 0.583. The number of aromatic nitrogens is 1. The first-order valence-corrected chi connectivity index (χ1v) is 5.13. The van der Waals surface area contributed by atoms with Crippen LogP contribution < -0.4 is 0 Å². The number of hydrogen-bond donors (Lipinski definition) is 1. The van der Waals surface area contributed by atoms with Gasteiger partial charge in [0.25, 0.3) is 0 Å². The fourth-order valence-corrected chi connectivity index (χ4v) is 1.25. The van der Waals surface area contributed by atoms with Gasteiger partial charge in [0.15, 0.2) is 0 Å². The van der Waals surface area contributed by atoms with Crippen LogP contribution in [0.25, 0.3) is 0 Å². The number of aliphatic hydroxyl groups excluding tert-OH is 1. The molecule has 1 rings (SSSR count). The highest BCUT2D eigenvalue weighted by molar-refractivity contribution is 5.10. The molecule has 1 aromatic heterocycles. The van der Waals surface area contributed by atoms with Crippen LogP contribution in [-0.4, -0.2) is 16.2 Å². The molecule has 0 saturated heterocycles. The molecule has 0 spiro atoms. The summed E-state index contributed by atoms with van der Waals surface area (Å²) in [6.45, 7) is 6.29. The van der Waals surface area contributed by atoms with Crippen molar-refractivity contribution < 1.29 is 5.11 Å². The van der Waals surface area contributed by atoms with Gasteiger partial charge in [0, 0.05) is 18.8 Å². The van der Waals surface area contributed by atoms with Gasteiger partial charge < -0.3 is 5.11 Å². The lowest BCUT2D eigenvalue weighted by atomic mass is 9.81. The van der Waals surface area contributed by atoms with Crippen molar-refractivity contribution >= 4 is 0 Å². The Hall–Kier alpha value is -0.890. The van der Waals surface area contributed by atoms with Crippen molar-refractivity contribution in [3.05, 3.63) is 30.1 Å². The first-order chi connectivity index (χ1) is 6.56. The molecule has 0 amide bonds. The summed E-state index contributed by atoms with van der Waals surface area (Å²) in [5.74, 6) is 0. The Morgan fingerprint density at radius 3 is 2.71 bits per heavy atom. The second-order valence-corrected chi connectivity index (χ2v) is 4.42. The summed E-state index contributed by atoms with van der Waals surface area (Å²) < 4.78 is 0. The summed E-state index contributed by atoms with van der Waals surface area (Å²) in [6, 6.07) is 3.91. The van der Waals surface area contributed by atoms with E-state index in [-0.39, 0.29) is 11.5 Å². The van der Waals surface area contributed by atoms with Gasteiger partial charge in [-0.15, -0.1) is 0 Å². The maximum Gasteiger partial charge on any atom is 0.0631 e. The molecule has 1 N–H and O–H groups in total. The van der Waals surface area contributed by atoms with Crippen LogP contribution in [0.1, 0.15) is 32.8 Å². The minimum atomic E-state index is -0.295. The molecule has 1 atom stereocenters. The Kier molecular flexibility index (Phi) is 3.64. The van der Waals surface area contributed by atoms with Gasteiger partial charge in [-0.2, -0.15) is 0 Å². The van der Waals surface area contributed by atoms with Crippen LogP contribution in [0, 0.1) is 5.41 Å². The Morgan fingerprint density at radius 2 is 2.21 bits per heavy atom. The number of pyridine rings is 1. The van der Waals surface area contributed by atoms with Gasteiger partial charge in [-0.3, -0.25) is 4.98 Å². The highest BCUT2D eigenvalue weighted by atomic mass is 16.3. The minimum absolute atomic E-state index is 0.0180. The summed E-state index contributed by atoms with van der Waals surface area (Å²) in [7, 11) is 0. The van der Waals surface area contributed by atoms with Crippen molar-refractivity contribution in [2.24, 2.45) is 5.41 Å². The zero-order valence-corrected chi connectivity index (χ0v) is 9.20. The zero-order chi connectivity index (χ0) is 10.6. The maximum atomic E-state index is 10.0. The van der Waals surface area contributed by atoms with E-state index >= 15 is 0 Å². The van der Waals surface area contributed by atoms with Crippen LogP contribution in [-0.2, 0) is 6.42 Å². The lowest BCUT2D eigenvalue weighted by Gasteiger charge is -2.29. The predicted molar refractivity (Wildman–Crippen MR) is 58.0 cm³/mol. The molecule has 2 nitrogen and oxygen atoms in total. The van der Waals surface area contributed by atoms with Crippen LogP contribution in [0.15, 0.2) is 24.5 Å². The second kappa shape index (κ2) is 4.56. The highest BCUT2D eigenvalue weighted by Gasteiger charge is 2.25. The lowest BCUT2D eigenvalue weighted by Crippen LogP contribution is -2.30. The molecule has 0 aliphatic heterocycles. The molecule has 0 aliphatic rings. The van der Waals surface area contributed by atoms with Crippen LogP contribution in [0.4, 0.5) is 0 Å². The monoisotopic (exact) mass is 193 g/mol. The van der Waals surface area contributed by atoms with Gasteiger partial charge in [0.05, 0.1) is 6.10 Å². The standard InChI is InChI=1S/C12H19NO/c1-4-12(2,3)11(14)8-10-6-5-7-13-9-10/h5-7,9,11,14H,4,8H2,1-3H3. The van der Waals surface area contributed by atoms with E-state index in [0.717, 1.165) is 12.0 Å². The molecule has 0 bridgehead atoms. The third-order valence-electron chi connectivity index (χ3n) is 2.97. The minimum Gasteiger partial charge on any atom is -0.392 e. The topological polar surface area (TPSA) is 33.1 Å². The van der Waals surface area contributed by atoms with Gasteiger partial charge >= 0.3 is 0 Å². The SMILES string of the molecule is CCC(C)(C)C(O)Cc1cccnc1. The van der Waals surface area contributed by atoms with E-state index in [1.54, 1.807) is 6.20 Å². The molecule has 0 radical (unpaired) electrons. The normalized spacial score (nSPS) is 14.0. The molecule has 78 valence electrons. The average molecular weight is 193 g/mol. The third kappa shape index (κ3) is 2.81. The Labute approximate surface area is 86.0 Å². The summed E-state index contributed by atoms with van der Waals surface area (Å²) in [6.07, 6.45) is 4.94. The largest absolute Gasteiger partial charge is 0.392 e. The quantitative estimate of drug-likeness (QED) is 0.796. The maximum absolute atomic E-state index is 10.0. The Balaban J connectivity index is 2.62. The van der Waals surface area contributed by atoms with Crippen molar-refractivity contribution in [3.8, 4) is 0 Å². The first-order valence-electron chi connectivity index (χ1n) is 5.13.